The number of aromatic nitrogens is 2. The minimum Gasteiger partial charge on any atom is -0.395 e. The Balaban J connectivity index is 2.59. The molecule has 7 nitrogen and oxygen atoms in total. The van der Waals surface area contributed by atoms with Crippen molar-refractivity contribution in [3.63, 3.8) is 0 Å². The van der Waals surface area contributed by atoms with Crippen molar-refractivity contribution < 1.29 is 9.59 Å². The number of nitrogens with two attached hydrogens (primary N) is 1. The molecule has 2 amide bonds. The number of rotatable bonds is 6. The van der Waals surface area contributed by atoms with E-state index in [2.05, 4.69) is 15.7 Å². The number of anilines is 1. The van der Waals surface area contributed by atoms with E-state index in [1.165, 1.54) is 4.68 Å². The first-order valence-corrected chi connectivity index (χ1v) is 6.73. The summed E-state index contributed by atoms with van der Waals surface area (Å²) in [5.41, 5.74) is 7.22. The summed E-state index contributed by atoms with van der Waals surface area (Å²) in [7, 11) is 1.66. The number of carbonyl (C=O) groups excluding carboxylic acids is 2. The van der Waals surface area contributed by atoms with Crippen molar-refractivity contribution >= 4 is 17.5 Å². The van der Waals surface area contributed by atoms with E-state index in [9.17, 15) is 9.59 Å². The van der Waals surface area contributed by atoms with E-state index in [4.69, 9.17) is 5.73 Å². The van der Waals surface area contributed by atoms with Gasteiger partial charge in [-0.25, -0.2) is 0 Å². The van der Waals surface area contributed by atoms with Gasteiger partial charge in [-0.3, -0.25) is 14.3 Å². The second kappa shape index (κ2) is 6.93. The standard InChI is InChI=1S/C13H23N5O2/c1-5-9-11(14)12(18(4)17-9)13(20)16-7-10(19)15-6-8(2)3/h8H,5-7,14H2,1-4H3,(H,15,19)(H,16,20). The summed E-state index contributed by atoms with van der Waals surface area (Å²) in [5, 5.41) is 9.44. The molecular weight excluding hydrogens is 258 g/mol. The Morgan fingerprint density at radius 3 is 2.50 bits per heavy atom. The largest absolute Gasteiger partial charge is 0.395 e. The lowest BCUT2D eigenvalue weighted by Crippen LogP contribution is -2.39. The number of carbonyl (C=O) groups is 2. The van der Waals surface area contributed by atoms with Crippen molar-refractivity contribution in [3.05, 3.63) is 11.4 Å². The monoisotopic (exact) mass is 281 g/mol. The zero-order valence-corrected chi connectivity index (χ0v) is 12.5. The summed E-state index contributed by atoms with van der Waals surface area (Å²) in [5.74, 6) is -0.241. The lowest BCUT2D eigenvalue weighted by molar-refractivity contribution is -0.120. The molecule has 4 N–H and O–H groups in total. The minimum atomic E-state index is -0.392. The van der Waals surface area contributed by atoms with Crippen molar-refractivity contribution in [2.45, 2.75) is 27.2 Å². The van der Waals surface area contributed by atoms with Gasteiger partial charge in [0.05, 0.1) is 17.9 Å². The summed E-state index contributed by atoms with van der Waals surface area (Å²) >= 11 is 0. The SMILES string of the molecule is CCc1nn(C)c(C(=O)NCC(=O)NCC(C)C)c1N. The molecule has 0 bridgehead atoms. The molecule has 0 saturated heterocycles. The Bertz CT molecular complexity index is 493. The number of nitrogens with zero attached hydrogens (tertiary/aromatic N) is 2. The van der Waals surface area contributed by atoms with Crippen molar-refractivity contribution in [3.8, 4) is 0 Å². The summed E-state index contributed by atoms with van der Waals surface area (Å²) in [4.78, 5) is 23.6. The fourth-order valence-corrected chi connectivity index (χ4v) is 1.75. The number of amides is 2. The predicted octanol–water partition coefficient (Wildman–Crippen LogP) is 0.0667. The van der Waals surface area contributed by atoms with Crippen molar-refractivity contribution in [1.82, 2.24) is 20.4 Å². The molecule has 0 saturated carbocycles. The molecule has 0 aromatic carbocycles. The smallest absolute Gasteiger partial charge is 0.272 e. The lowest BCUT2D eigenvalue weighted by atomic mass is 10.2. The first-order valence-electron chi connectivity index (χ1n) is 6.73. The average molecular weight is 281 g/mol. The summed E-state index contributed by atoms with van der Waals surface area (Å²) in [6.07, 6.45) is 0.655. The number of nitrogens with one attached hydrogen (secondary N) is 2. The molecule has 0 aliphatic rings. The molecule has 7 heteroatoms. The van der Waals surface area contributed by atoms with Crippen LogP contribution in [0.3, 0.4) is 0 Å². The van der Waals surface area contributed by atoms with Crippen LogP contribution < -0.4 is 16.4 Å². The molecule has 0 radical (unpaired) electrons. The first-order chi connectivity index (χ1) is 9.36. The second-order valence-corrected chi connectivity index (χ2v) is 5.07. The van der Waals surface area contributed by atoms with Gasteiger partial charge in [-0.15, -0.1) is 0 Å². The highest BCUT2D eigenvalue weighted by Crippen LogP contribution is 2.16. The Labute approximate surface area is 118 Å². The third-order valence-electron chi connectivity index (χ3n) is 2.83. The van der Waals surface area contributed by atoms with Gasteiger partial charge >= 0.3 is 0 Å². The van der Waals surface area contributed by atoms with Gasteiger partial charge in [0, 0.05) is 13.6 Å². The number of hydrogen-bond donors (Lipinski definition) is 3. The normalized spacial score (nSPS) is 10.7. The van der Waals surface area contributed by atoms with Gasteiger partial charge < -0.3 is 16.4 Å². The van der Waals surface area contributed by atoms with Crippen LogP contribution in [0.25, 0.3) is 0 Å². The number of hydrogen-bond acceptors (Lipinski definition) is 4. The fourth-order valence-electron chi connectivity index (χ4n) is 1.75. The van der Waals surface area contributed by atoms with E-state index in [0.717, 1.165) is 0 Å². The molecule has 0 atom stereocenters. The number of nitrogen functional groups attached to an aromatic ring is 1. The van der Waals surface area contributed by atoms with Crippen LogP contribution in [0.15, 0.2) is 0 Å². The van der Waals surface area contributed by atoms with E-state index < -0.39 is 5.91 Å². The van der Waals surface area contributed by atoms with Crippen molar-refractivity contribution in [2.75, 3.05) is 18.8 Å². The molecule has 1 aromatic rings. The molecule has 1 rings (SSSR count). The molecular formula is C13H23N5O2. The third-order valence-corrected chi connectivity index (χ3v) is 2.83. The topological polar surface area (TPSA) is 102 Å². The molecule has 20 heavy (non-hydrogen) atoms. The zero-order chi connectivity index (χ0) is 15.3. The average Bonchev–Trinajstić information content (AvgIpc) is 2.68. The third kappa shape index (κ3) is 3.97. The van der Waals surface area contributed by atoms with Crippen LogP contribution in [0, 0.1) is 5.92 Å². The summed E-state index contributed by atoms with van der Waals surface area (Å²) < 4.78 is 1.44. The first kappa shape index (κ1) is 16.0. The van der Waals surface area contributed by atoms with Gasteiger partial charge in [-0.05, 0) is 12.3 Å². The van der Waals surface area contributed by atoms with E-state index in [0.29, 0.717) is 36.0 Å². The number of aryl methyl sites for hydroxylation is 2. The quantitative estimate of drug-likeness (QED) is 0.686. The highest BCUT2D eigenvalue weighted by molar-refractivity contribution is 5.99. The molecule has 1 aromatic heterocycles. The van der Waals surface area contributed by atoms with Crippen LogP contribution in [0.5, 0.6) is 0 Å². The fraction of sp³-hybridized carbons (Fsp3) is 0.615. The minimum absolute atomic E-state index is 0.0718. The zero-order valence-electron chi connectivity index (χ0n) is 12.5. The predicted molar refractivity (Wildman–Crippen MR) is 77.2 cm³/mol. The Morgan fingerprint density at radius 1 is 1.35 bits per heavy atom. The van der Waals surface area contributed by atoms with Crippen LogP contribution in [-0.4, -0.2) is 34.7 Å². The Morgan fingerprint density at radius 2 is 2.00 bits per heavy atom. The van der Waals surface area contributed by atoms with Crippen LogP contribution in [-0.2, 0) is 18.3 Å². The lowest BCUT2D eigenvalue weighted by Gasteiger charge is -2.09. The molecule has 0 aliphatic carbocycles. The van der Waals surface area contributed by atoms with Crippen LogP contribution >= 0.6 is 0 Å². The van der Waals surface area contributed by atoms with Crippen LogP contribution in [0.2, 0.25) is 0 Å². The Kier molecular flexibility index (Phi) is 5.54. The molecule has 0 aliphatic heterocycles. The van der Waals surface area contributed by atoms with E-state index >= 15 is 0 Å². The van der Waals surface area contributed by atoms with Crippen LogP contribution in [0.1, 0.15) is 37.0 Å². The molecule has 0 fully saturated rings. The van der Waals surface area contributed by atoms with Gasteiger partial charge in [0.15, 0.2) is 0 Å². The van der Waals surface area contributed by atoms with Crippen LogP contribution in [0.4, 0.5) is 5.69 Å². The maximum atomic E-state index is 12.0. The summed E-state index contributed by atoms with van der Waals surface area (Å²) in [6.45, 7) is 6.43. The van der Waals surface area contributed by atoms with Gasteiger partial charge in [0.1, 0.15) is 5.69 Å². The van der Waals surface area contributed by atoms with E-state index in [1.807, 2.05) is 20.8 Å². The van der Waals surface area contributed by atoms with Gasteiger partial charge in [-0.2, -0.15) is 5.10 Å². The van der Waals surface area contributed by atoms with E-state index in [-0.39, 0.29) is 12.5 Å². The molecule has 0 unspecified atom stereocenters. The second-order valence-electron chi connectivity index (χ2n) is 5.07. The highest BCUT2D eigenvalue weighted by Gasteiger charge is 2.19. The van der Waals surface area contributed by atoms with Gasteiger partial charge in [-0.1, -0.05) is 20.8 Å². The van der Waals surface area contributed by atoms with Gasteiger partial charge in [0.2, 0.25) is 5.91 Å². The summed E-state index contributed by atoms with van der Waals surface area (Å²) in [6, 6.07) is 0. The molecule has 112 valence electrons. The van der Waals surface area contributed by atoms with Gasteiger partial charge in [0.25, 0.3) is 5.91 Å². The maximum absolute atomic E-state index is 12.0. The maximum Gasteiger partial charge on any atom is 0.272 e. The van der Waals surface area contributed by atoms with Crippen molar-refractivity contribution in [2.24, 2.45) is 13.0 Å². The Hall–Kier alpha value is -2.05. The van der Waals surface area contributed by atoms with Crippen molar-refractivity contribution in [1.29, 1.82) is 0 Å². The molecule has 0 spiro atoms. The highest BCUT2D eigenvalue weighted by atomic mass is 16.2. The van der Waals surface area contributed by atoms with E-state index in [1.54, 1.807) is 7.05 Å². The molecule has 1 heterocycles.